The number of hydrogen-bond donors (Lipinski definition) is 1. The van der Waals surface area contributed by atoms with E-state index in [-0.39, 0.29) is 5.91 Å². The monoisotopic (exact) mass is 376 g/mol. The molecule has 1 saturated heterocycles. The topological polar surface area (TPSA) is 75.9 Å². The maximum atomic E-state index is 12.8. The van der Waals surface area contributed by atoms with Crippen LogP contribution < -0.4 is 5.32 Å². The minimum absolute atomic E-state index is 0.0718. The molecule has 4 rings (SSSR count). The Morgan fingerprint density at radius 2 is 1.89 bits per heavy atom. The molecule has 7 heteroatoms. The number of likely N-dealkylation sites (tertiary alicyclic amines) is 1. The van der Waals surface area contributed by atoms with Crippen molar-refractivity contribution in [3.8, 4) is 0 Å². The van der Waals surface area contributed by atoms with Crippen molar-refractivity contribution in [1.82, 2.24) is 24.6 Å². The number of aromatic nitrogens is 4. The van der Waals surface area contributed by atoms with Gasteiger partial charge in [-0.15, -0.1) is 0 Å². The van der Waals surface area contributed by atoms with Crippen molar-refractivity contribution < 1.29 is 4.79 Å². The van der Waals surface area contributed by atoms with Crippen molar-refractivity contribution in [1.29, 1.82) is 0 Å². The van der Waals surface area contributed by atoms with Crippen LogP contribution in [0.5, 0.6) is 0 Å². The predicted octanol–water partition coefficient (Wildman–Crippen LogP) is 3.28. The largest absolute Gasteiger partial charge is 0.338 e. The highest BCUT2D eigenvalue weighted by atomic mass is 16.2. The van der Waals surface area contributed by atoms with Crippen LogP contribution in [0.2, 0.25) is 0 Å². The highest BCUT2D eigenvalue weighted by Crippen LogP contribution is 2.28. The molecule has 7 nitrogen and oxygen atoms in total. The van der Waals surface area contributed by atoms with E-state index in [9.17, 15) is 4.79 Å². The van der Waals surface area contributed by atoms with Crippen LogP contribution in [0.25, 0.3) is 0 Å². The number of aryl methyl sites for hydroxylation is 1. The van der Waals surface area contributed by atoms with Gasteiger partial charge in [-0.2, -0.15) is 5.10 Å². The third-order valence-corrected chi connectivity index (χ3v) is 5.36. The summed E-state index contributed by atoms with van der Waals surface area (Å²) < 4.78 is 1.74. The molecular weight excluding hydrogens is 352 g/mol. The number of hydrogen-bond acceptors (Lipinski definition) is 5. The molecule has 0 saturated carbocycles. The van der Waals surface area contributed by atoms with E-state index in [4.69, 9.17) is 4.98 Å². The van der Waals surface area contributed by atoms with Gasteiger partial charge in [0.05, 0.1) is 11.8 Å². The molecule has 0 radical (unpaired) electrons. The average molecular weight is 376 g/mol. The molecule has 1 fully saturated rings. The molecule has 28 heavy (non-hydrogen) atoms. The highest BCUT2D eigenvalue weighted by molar-refractivity contribution is 5.95. The Morgan fingerprint density at radius 1 is 1.11 bits per heavy atom. The Bertz CT molecular complexity index is 960. The second-order valence-electron chi connectivity index (χ2n) is 7.12. The Morgan fingerprint density at radius 3 is 2.57 bits per heavy atom. The number of carbonyl (C=O) groups is 1. The first-order chi connectivity index (χ1) is 13.6. The summed E-state index contributed by atoms with van der Waals surface area (Å²) in [5, 5.41) is 7.43. The maximum Gasteiger partial charge on any atom is 0.257 e. The maximum absolute atomic E-state index is 12.8. The van der Waals surface area contributed by atoms with Gasteiger partial charge in [-0.25, -0.2) is 9.97 Å². The fraction of sp³-hybridized carbons (Fsp3) is 0.333. The summed E-state index contributed by atoms with van der Waals surface area (Å²) in [6, 6.07) is 11.8. The van der Waals surface area contributed by atoms with Crippen LogP contribution >= 0.6 is 0 Å². The molecule has 144 valence electrons. The Hall–Kier alpha value is -3.22. The molecular formula is C21H24N6O. The predicted molar refractivity (Wildman–Crippen MR) is 108 cm³/mol. The zero-order chi connectivity index (χ0) is 19.5. The quantitative estimate of drug-likeness (QED) is 0.756. The molecule has 4 heterocycles. The molecule has 0 unspecified atom stereocenters. The second-order valence-corrected chi connectivity index (χ2v) is 7.12. The van der Waals surface area contributed by atoms with Crippen molar-refractivity contribution >= 4 is 17.5 Å². The molecule has 0 atom stereocenters. The van der Waals surface area contributed by atoms with E-state index in [0.29, 0.717) is 11.5 Å². The third-order valence-electron chi connectivity index (χ3n) is 5.36. The average Bonchev–Trinajstić information content (AvgIpc) is 3.07. The van der Waals surface area contributed by atoms with Crippen LogP contribution in [0.15, 0.2) is 48.8 Å². The molecule has 1 aliphatic heterocycles. The van der Waals surface area contributed by atoms with E-state index < -0.39 is 0 Å². The van der Waals surface area contributed by atoms with Crippen LogP contribution in [0.1, 0.15) is 40.5 Å². The minimum Gasteiger partial charge on any atom is -0.338 e. The molecule has 3 aromatic rings. The van der Waals surface area contributed by atoms with Gasteiger partial charge in [0.25, 0.3) is 5.91 Å². The number of nitrogens with one attached hydrogen (secondary N) is 1. The summed E-state index contributed by atoms with van der Waals surface area (Å²) in [6.07, 6.45) is 5.23. The first-order valence-corrected chi connectivity index (χ1v) is 9.54. The SMILES string of the molecule is Cc1c(C(=O)N2CCC(c3cccc(Nc4ccccn4)n3)CC2)cnn1C. The number of pyridine rings is 2. The zero-order valence-electron chi connectivity index (χ0n) is 16.2. The van der Waals surface area contributed by atoms with Gasteiger partial charge in [-0.3, -0.25) is 9.48 Å². The van der Waals surface area contributed by atoms with Crippen LogP contribution in [0.4, 0.5) is 11.6 Å². The Kier molecular flexibility index (Phi) is 5.06. The van der Waals surface area contributed by atoms with Gasteiger partial charge >= 0.3 is 0 Å². The molecule has 1 aliphatic rings. The first-order valence-electron chi connectivity index (χ1n) is 9.54. The van der Waals surface area contributed by atoms with Gasteiger partial charge in [0.15, 0.2) is 0 Å². The molecule has 1 amide bonds. The lowest BCUT2D eigenvalue weighted by Gasteiger charge is -2.31. The molecule has 0 bridgehead atoms. The number of nitrogens with zero attached hydrogens (tertiary/aromatic N) is 5. The molecule has 0 spiro atoms. The summed E-state index contributed by atoms with van der Waals surface area (Å²) in [5.41, 5.74) is 2.66. The summed E-state index contributed by atoms with van der Waals surface area (Å²) in [4.78, 5) is 23.8. The normalized spacial score (nSPS) is 14.9. The number of rotatable bonds is 4. The van der Waals surface area contributed by atoms with Crippen molar-refractivity contribution in [2.24, 2.45) is 7.05 Å². The lowest BCUT2D eigenvalue weighted by atomic mass is 9.92. The highest BCUT2D eigenvalue weighted by Gasteiger charge is 2.27. The van der Waals surface area contributed by atoms with Crippen molar-refractivity contribution in [2.75, 3.05) is 18.4 Å². The summed E-state index contributed by atoms with van der Waals surface area (Å²) >= 11 is 0. The number of anilines is 2. The fourth-order valence-electron chi connectivity index (χ4n) is 3.57. The van der Waals surface area contributed by atoms with Gasteiger partial charge in [0.1, 0.15) is 11.6 Å². The van der Waals surface area contributed by atoms with E-state index in [0.717, 1.165) is 49.0 Å². The van der Waals surface area contributed by atoms with Crippen molar-refractivity contribution in [2.45, 2.75) is 25.7 Å². The van der Waals surface area contributed by atoms with E-state index in [1.807, 2.05) is 49.2 Å². The van der Waals surface area contributed by atoms with Crippen molar-refractivity contribution in [3.05, 3.63) is 65.7 Å². The molecule has 0 aliphatic carbocycles. The van der Waals surface area contributed by atoms with Crippen LogP contribution in [-0.4, -0.2) is 43.6 Å². The standard InChI is InChI=1S/C21H24N6O/c1-15-17(14-23-26(15)2)21(28)27-12-9-16(10-13-27)18-6-5-8-20(24-18)25-19-7-3-4-11-22-19/h3-8,11,14,16H,9-10,12-13H2,1-2H3,(H,22,24,25). The Labute approximate surface area is 164 Å². The third kappa shape index (κ3) is 3.74. The van der Waals surface area contributed by atoms with Crippen molar-refractivity contribution in [3.63, 3.8) is 0 Å². The smallest absolute Gasteiger partial charge is 0.257 e. The van der Waals surface area contributed by atoms with E-state index in [2.05, 4.69) is 21.5 Å². The summed E-state index contributed by atoms with van der Waals surface area (Å²) in [5.74, 6) is 1.99. The van der Waals surface area contributed by atoms with Gasteiger partial charge in [-0.05, 0) is 44.0 Å². The number of carbonyl (C=O) groups excluding carboxylic acids is 1. The lowest BCUT2D eigenvalue weighted by Crippen LogP contribution is -2.38. The number of amides is 1. The molecule has 0 aromatic carbocycles. The molecule has 1 N–H and O–H groups in total. The fourth-order valence-corrected chi connectivity index (χ4v) is 3.57. The number of piperidine rings is 1. The summed E-state index contributed by atoms with van der Waals surface area (Å²) in [6.45, 7) is 3.39. The summed E-state index contributed by atoms with van der Waals surface area (Å²) in [7, 11) is 1.86. The molecule has 3 aromatic heterocycles. The van der Waals surface area contributed by atoms with Crippen LogP contribution in [0.3, 0.4) is 0 Å². The van der Waals surface area contributed by atoms with Crippen LogP contribution in [-0.2, 0) is 7.05 Å². The zero-order valence-corrected chi connectivity index (χ0v) is 16.2. The lowest BCUT2D eigenvalue weighted by molar-refractivity contribution is 0.0711. The van der Waals surface area contributed by atoms with E-state index in [1.165, 1.54) is 0 Å². The van der Waals surface area contributed by atoms with E-state index >= 15 is 0 Å². The minimum atomic E-state index is 0.0718. The van der Waals surface area contributed by atoms with Gasteiger partial charge in [0.2, 0.25) is 0 Å². The van der Waals surface area contributed by atoms with Gasteiger partial charge < -0.3 is 10.2 Å². The second kappa shape index (κ2) is 7.80. The van der Waals surface area contributed by atoms with Gasteiger partial charge in [-0.1, -0.05) is 12.1 Å². The first kappa shape index (κ1) is 18.2. The Balaban J connectivity index is 1.40. The van der Waals surface area contributed by atoms with Gasteiger partial charge in [0, 0.05) is 43.6 Å². The van der Waals surface area contributed by atoms with Crippen LogP contribution in [0, 0.1) is 6.92 Å². The van der Waals surface area contributed by atoms with E-state index in [1.54, 1.807) is 17.1 Å².